The molecule has 1 unspecified atom stereocenters. The number of fused-ring (bicyclic) bond motifs is 3. The van der Waals surface area contributed by atoms with Crippen molar-refractivity contribution >= 4 is 17.9 Å². The SMILES string of the molecule is COc1ccc(C(NC(=O)[C@H](COC(c2ccccc2)(c2ccccc2)c2ccccc2)NC(=O)OCC2c3ccccc3-c3ccccc32)c2ccc(OCC(=O)NC(c3ccc(C)cc3)c3ccc(C)cc3)cc2)c(OC)c1. The van der Waals surface area contributed by atoms with E-state index in [9.17, 15) is 9.59 Å². The van der Waals surface area contributed by atoms with E-state index in [0.29, 0.717) is 28.4 Å². The van der Waals surface area contributed by atoms with Crippen molar-refractivity contribution < 1.29 is 38.1 Å². The molecule has 0 radical (unpaired) electrons. The summed E-state index contributed by atoms with van der Waals surface area (Å²) in [6.07, 6.45) is -0.798. The molecule has 10 rings (SSSR count). The number of nitrogens with one attached hydrogen (secondary N) is 3. The van der Waals surface area contributed by atoms with Gasteiger partial charge in [-0.25, -0.2) is 4.79 Å². The van der Waals surface area contributed by atoms with Gasteiger partial charge in [-0.3, -0.25) is 9.59 Å². The first-order valence-corrected chi connectivity index (χ1v) is 26.7. The van der Waals surface area contributed by atoms with Gasteiger partial charge in [-0.05, 0) is 93.7 Å². The Morgan fingerprint density at radius 1 is 0.500 bits per heavy atom. The number of rotatable bonds is 21. The lowest BCUT2D eigenvalue weighted by molar-refractivity contribution is -0.126. The summed E-state index contributed by atoms with van der Waals surface area (Å²) in [4.78, 5) is 43.5. The highest BCUT2D eigenvalue weighted by Crippen LogP contribution is 2.45. The molecule has 0 aromatic heterocycles. The molecule has 1 aliphatic rings. The second-order valence-electron chi connectivity index (χ2n) is 19.8. The van der Waals surface area contributed by atoms with Gasteiger partial charge in [0.15, 0.2) is 6.61 Å². The first kappa shape index (κ1) is 53.9. The molecule has 11 heteroatoms. The molecule has 80 heavy (non-hydrogen) atoms. The van der Waals surface area contributed by atoms with E-state index in [0.717, 1.165) is 61.2 Å². The molecule has 0 aliphatic heterocycles. The standard InChI is InChI=1S/C69H63N3O8/c1-46-28-32-48(33-29-46)65(49-34-30-47(2)31-35-49)71-64(73)45-78-54-38-36-50(37-39-54)66(60-41-40-55(76-3)42-63(60)77-4)72-67(74)62(70-68(75)79-43-61-58-26-16-14-24-56(58)57-25-15-17-27-59(57)61)44-80-69(51-18-8-5-9-19-51,52-20-10-6-11-21-52)53-22-12-7-13-23-53/h5-42,61-62,65-66H,43-45H2,1-4H3,(H,70,75)(H,71,73)(H,72,74)/t62-,66?/m0/s1. The minimum absolute atomic E-state index is 0.0267. The lowest BCUT2D eigenvalue weighted by Gasteiger charge is -2.37. The Balaban J connectivity index is 0.950. The monoisotopic (exact) mass is 1060 g/mol. The smallest absolute Gasteiger partial charge is 0.407 e. The normalized spacial score (nSPS) is 12.6. The van der Waals surface area contributed by atoms with Gasteiger partial charge in [-0.1, -0.05) is 211 Å². The van der Waals surface area contributed by atoms with Gasteiger partial charge >= 0.3 is 6.09 Å². The van der Waals surface area contributed by atoms with Crippen molar-refractivity contribution in [3.05, 3.63) is 292 Å². The zero-order valence-electron chi connectivity index (χ0n) is 45.1. The Kier molecular flexibility index (Phi) is 16.8. The van der Waals surface area contributed by atoms with E-state index in [2.05, 4.69) is 40.2 Å². The average Bonchev–Trinajstić information content (AvgIpc) is 3.87. The molecule has 0 bridgehead atoms. The molecule has 0 saturated heterocycles. The summed E-state index contributed by atoms with van der Waals surface area (Å²) in [7, 11) is 3.12. The quantitative estimate of drug-likeness (QED) is 0.0606. The average molecular weight is 1060 g/mol. The Morgan fingerprint density at radius 2 is 0.975 bits per heavy atom. The van der Waals surface area contributed by atoms with Crippen molar-refractivity contribution in [3.8, 4) is 28.4 Å². The molecule has 0 spiro atoms. The number of methoxy groups -OCH3 is 2. The predicted octanol–water partition coefficient (Wildman–Crippen LogP) is 12.7. The van der Waals surface area contributed by atoms with Crippen LogP contribution in [0.25, 0.3) is 11.1 Å². The van der Waals surface area contributed by atoms with Gasteiger partial charge in [-0.15, -0.1) is 0 Å². The van der Waals surface area contributed by atoms with Crippen molar-refractivity contribution in [2.45, 2.75) is 43.5 Å². The van der Waals surface area contributed by atoms with Crippen LogP contribution in [0.2, 0.25) is 0 Å². The van der Waals surface area contributed by atoms with E-state index < -0.39 is 35.7 Å². The van der Waals surface area contributed by atoms with E-state index in [1.54, 1.807) is 38.5 Å². The first-order valence-electron chi connectivity index (χ1n) is 26.7. The highest BCUT2D eigenvalue weighted by molar-refractivity contribution is 5.87. The number of hydrogen-bond donors (Lipinski definition) is 3. The fourth-order valence-corrected chi connectivity index (χ4v) is 10.6. The van der Waals surface area contributed by atoms with Gasteiger partial charge in [0.25, 0.3) is 5.91 Å². The summed E-state index contributed by atoms with van der Waals surface area (Å²) in [5.74, 6) is 0.324. The number of alkyl carbamates (subject to hydrolysis) is 1. The number of benzene rings is 9. The Morgan fingerprint density at radius 3 is 1.49 bits per heavy atom. The van der Waals surface area contributed by atoms with Crippen LogP contribution in [-0.2, 0) is 24.7 Å². The van der Waals surface area contributed by atoms with Gasteiger partial charge in [0, 0.05) is 17.5 Å². The summed E-state index contributed by atoms with van der Waals surface area (Å²) < 4.78 is 31.0. The second kappa shape index (κ2) is 24.9. The van der Waals surface area contributed by atoms with Crippen LogP contribution in [0, 0.1) is 13.8 Å². The molecule has 11 nitrogen and oxygen atoms in total. The third kappa shape index (κ3) is 12.0. The first-order chi connectivity index (χ1) is 39.1. The third-order valence-electron chi connectivity index (χ3n) is 14.7. The van der Waals surface area contributed by atoms with Crippen molar-refractivity contribution in [1.82, 2.24) is 16.0 Å². The summed E-state index contributed by atoms with van der Waals surface area (Å²) >= 11 is 0. The summed E-state index contributed by atoms with van der Waals surface area (Å²) in [5.41, 5.74) is 10.9. The van der Waals surface area contributed by atoms with Crippen LogP contribution in [0.4, 0.5) is 4.79 Å². The predicted molar refractivity (Wildman–Crippen MR) is 311 cm³/mol. The largest absolute Gasteiger partial charge is 0.497 e. The Bertz CT molecular complexity index is 3350. The molecule has 0 heterocycles. The molecule has 3 N–H and O–H groups in total. The maximum atomic E-state index is 15.4. The summed E-state index contributed by atoms with van der Waals surface area (Å²) in [5, 5.41) is 9.37. The molecule has 0 fully saturated rings. The maximum absolute atomic E-state index is 15.4. The number of amides is 3. The van der Waals surface area contributed by atoms with Gasteiger partial charge in [0.1, 0.15) is 35.5 Å². The van der Waals surface area contributed by atoms with Gasteiger partial charge < -0.3 is 39.6 Å². The summed E-state index contributed by atoms with van der Waals surface area (Å²) in [6.45, 7) is 3.53. The highest BCUT2D eigenvalue weighted by Gasteiger charge is 2.40. The Hall–Kier alpha value is -9.45. The molecule has 0 saturated carbocycles. The second-order valence-corrected chi connectivity index (χ2v) is 19.8. The van der Waals surface area contributed by atoms with Crippen LogP contribution in [-0.4, -0.2) is 58.0 Å². The van der Waals surface area contributed by atoms with E-state index >= 15 is 4.79 Å². The molecule has 402 valence electrons. The molecular formula is C69H63N3O8. The lowest BCUT2D eigenvalue weighted by Crippen LogP contribution is -2.52. The van der Waals surface area contributed by atoms with E-state index in [4.69, 9.17) is 23.7 Å². The summed E-state index contributed by atoms with van der Waals surface area (Å²) in [6, 6.07) is 71.8. The van der Waals surface area contributed by atoms with Crippen molar-refractivity contribution in [3.63, 3.8) is 0 Å². The van der Waals surface area contributed by atoms with Gasteiger partial charge in [-0.2, -0.15) is 0 Å². The molecular weight excluding hydrogens is 999 g/mol. The fourth-order valence-electron chi connectivity index (χ4n) is 10.6. The molecule has 9 aromatic carbocycles. The zero-order chi connectivity index (χ0) is 55.4. The molecule has 2 atom stereocenters. The fraction of sp³-hybridized carbons (Fsp3) is 0.174. The van der Waals surface area contributed by atoms with E-state index in [1.165, 1.54) is 0 Å². The van der Waals surface area contributed by atoms with E-state index in [-0.39, 0.29) is 31.6 Å². The number of hydrogen-bond acceptors (Lipinski definition) is 8. The number of carbonyl (C=O) groups excluding carboxylic acids is 3. The van der Waals surface area contributed by atoms with Crippen LogP contribution in [0.1, 0.15) is 79.2 Å². The lowest BCUT2D eigenvalue weighted by atomic mass is 9.80. The van der Waals surface area contributed by atoms with Gasteiger partial charge in [0.05, 0.1) is 32.9 Å². The molecule has 9 aromatic rings. The maximum Gasteiger partial charge on any atom is 0.407 e. The minimum Gasteiger partial charge on any atom is -0.497 e. The highest BCUT2D eigenvalue weighted by atomic mass is 16.6. The topological polar surface area (TPSA) is 133 Å². The number of aryl methyl sites for hydroxylation is 2. The van der Waals surface area contributed by atoms with Crippen molar-refractivity contribution in [2.75, 3.05) is 34.0 Å². The molecule has 1 aliphatic carbocycles. The van der Waals surface area contributed by atoms with E-state index in [1.807, 2.05) is 196 Å². The van der Waals surface area contributed by atoms with Crippen LogP contribution < -0.4 is 30.2 Å². The van der Waals surface area contributed by atoms with Crippen LogP contribution in [0.15, 0.2) is 231 Å². The zero-order valence-corrected chi connectivity index (χ0v) is 45.1. The number of carbonyl (C=O) groups is 3. The van der Waals surface area contributed by atoms with Crippen LogP contribution in [0.5, 0.6) is 17.2 Å². The minimum atomic E-state index is -1.32. The van der Waals surface area contributed by atoms with Crippen molar-refractivity contribution in [1.29, 1.82) is 0 Å². The Labute approximate surface area is 467 Å². The van der Waals surface area contributed by atoms with Crippen LogP contribution in [0.3, 0.4) is 0 Å². The third-order valence-corrected chi connectivity index (χ3v) is 14.7. The van der Waals surface area contributed by atoms with Crippen LogP contribution >= 0.6 is 0 Å². The molecule has 3 amide bonds. The van der Waals surface area contributed by atoms with Gasteiger partial charge in [0.2, 0.25) is 5.91 Å². The van der Waals surface area contributed by atoms with Crippen molar-refractivity contribution in [2.24, 2.45) is 0 Å². The number of ether oxygens (including phenoxy) is 5.